The molecule has 0 aromatic heterocycles. The first kappa shape index (κ1) is 14.9. The Morgan fingerprint density at radius 2 is 2.20 bits per heavy atom. The minimum absolute atomic E-state index is 0.0466. The van der Waals surface area contributed by atoms with Crippen LogP contribution in [0.25, 0.3) is 0 Å². The smallest absolute Gasteiger partial charge is 0.322 e. The summed E-state index contributed by atoms with van der Waals surface area (Å²) >= 11 is 5.90. The molecule has 0 saturated carbocycles. The standard InChI is InChI=1S/C13H12ClNO4S/c1-2-9-5-6-10(8-11(9)14)20(18,19)15-7-3-4-12(15)13(16)17/h1,5-6,8,12H,3-4,7H2,(H,16,17). The molecule has 1 aromatic rings. The number of halogens is 1. The molecule has 0 aliphatic carbocycles. The van der Waals surface area contributed by atoms with Crippen molar-refractivity contribution in [2.24, 2.45) is 0 Å². The van der Waals surface area contributed by atoms with Crippen molar-refractivity contribution < 1.29 is 18.3 Å². The molecule has 0 amide bonds. The molecule has 1 N–H and O–H groups in total. The minimum atomic E-state index is -3.88. The van der Waals surface area contributed by atoms with Gasteiger partial charge in [-0.1, -0.05) is 17.5 Å². The number of hydrogen-bond donors (Lipinski definition) is 1. The van der Waals surface area contributed by atoms with Crippen LogP contribution in [0.5, 0.6) is 0 Å². The van der Waals surface area contributed by atoms with Gasteiger partial charge in [0, 0.05) is 12.1 Å². The van der Waals surface area contributed by atoms with E-state index in [1.54, 1.807) is 0 Å². The second-order valence-electron chi connectivity index (χ2n) is 4.40. The Labute approximate surface area is 122 Å². The summed E-state index contributed by atoms with van der Waals surface area (Å²) in [5, 5.41) is 9.22. The van der Waals surface area contributed by atoms with Crippen molar-refractivity contribution >= 4 is 27.6 Å². The first-order chi connectivity index (χ1) is 9.37. The number of hydrogen-bond acceptors (Lipinski definition) is 3. The van der Waals surface area contributed by atoms with Crippen molar-refractivity contribution in [2.75, 3.05) is 6.54 Å². The molecule has 0 spiro atoms. The van der Waals surface area contributed by atoms with Gasteiger partial charge in [0.25, 0.3) is 0 Å². The van der Waals surface area contributed by atoms with Gasteiger partial charge >= 0.3 is 5.97 Å². The Hall–Kier alpha value is -1.55. The van der Waals surface area contributed by atoms with Crippen molar-refractivity contribution in [3.63, 3.8) is 0 Å². The summed E-state index contributed by atoms with van der Waals surface area (Å²) in [6.07, 6.45) is 6.05. The molecule has 1 atom stereocenters. The zero-order chi connectivity index (χ0) is 14.9. The number of terminal acetylenes is 1. The molecule has 1 aliphatic heterocycles. The Morgan fingerprint density at radius 1 is 1.50 bits per heavy atom. The largest absolute Gasteiger partial charge is 0.480 e. The molecule has 5 nitrogen and oxygen atoms in total. The number of rotatable bonds is 3. The third-order valence-corrected chi connectivity index (χ3v) is 5.41. The van der Waals surface area contributed by atoms with E-state index >= 15 is 0 Å². The first-order valence-electron chi connectivity index (χ1n) is 5.88. The number of carboxylic acids is 1. The lowest BCUT2D eigenvalue weighted by atomic mass is 10.2. The normalized spacial score (nSPS) is 19.7. The van der Waals surface area contributed by atoms with Gasteiger partial charge < -0.3 is 5.11 Å². The van der Waals surface area contributed by atoms with E-state index in [4.69, 9.17) is 23.1 Å². The quantitative estimate of drug-likeness (QED) is 0.859. The van der Waals surface area contributed by atoms with Gasteiger partial charge in [-0.2, -0.15) is 4.31 Å². The highest BCUT2D eigenvalue weighted by Gasteiger charge is 2.39. The first-order valence-corrected chi connectivity index (χ1v) is 7.70. The maximum absolute atomic E-state index is 12.5. The average molecular weight is 314 g/mol. The van der Waals surface area contributed by atoms with Gasteiger partial charge in [-0.15, -0.1) is 6.42 Å². The molecule has 0 radical (unpaired) electrons. The Bertz CT molecular complexity index is 693. The molecule has 7 heteroatoms. The topological polar surface area (TPSA) is 74.7 Å². The number of sulfonamides is 1. The van der Waals surface area contributed by atoms with Crippen LogP contribution in [-0.2, 0) is 14.8 Å². The van der Waals surface area contributed by atoms with E-state index in [1.807, 2.05) is 0 Å². The third kappa shape index (κ3) is 2.52. The van der Waals surface area contributed by atoms with Crippen LogP contribution in [0.1, 0.15) is 18.4 Å². The maximum atomic E-state index is 12.5. The predicted octanol–water partition coefficient (Wildman–Crippen LogP) is 1.56. The number of benzene rings is 1. The fourth-order valence-corrected chi connectivity index (χ4v) is 4.16. The van der Waals surface area contributed by atoms with Crippen LogP contribution in [0.2, 0.25) is 5.02 Å². The average Bonchev–Trinajstić information content (AvgIpc) is 2.88. The molecule has 2 rings (SSSR count). The molecule has 1 saturated heterocycles. The summed E-state index contributed by atoms with van der Waals surface area (Å²) in [5.41, 5.74) is 0.391. The van der Waals surface area contributed by atoms with Crippen molar-refractivity contribution in [2.45, 2.75) is 23.8 Å². The zero-order valence-corrected chi connectivity index (χ0v) is 12.0. The summed E-state index contributed by atoms with van der Waals surface area (Å²) in [4.78, 5) is 11.1. The fourth-order valence-electron chi connectivity index (χ4n) is 2.18. The highest BCUT2D eigenvalue weighted by molar-refractivity contribution is 7.89. The van der Waals surface area contributed by atoms with Gasteiger partial charge in [-0.05, 0) is 31.0 Å². The van der Waals surface area contributed by atoms with Crippen molar-refractivity contribution in [1.82, 2.24) is 4.31 Å². The van der Waals surface area contributed by atoms with E-state index < -0.39 is 22.0 Å². The predicted molar refractivity (Wildman–Crippen MR) is 73.9 cm³/mol. The molecular formula is C13H12ClNO4S. The van der Waals surface area contributed by atoms with Crippen LogP contribution >= 0.6 is 11.6 Å². The van der Waals surface area contributed by atoms with Crippen LogP contribution in [0.15, 0.2) is 23.1 Å². The summed E-state index contributed by atoms with van der Waals surface area (Å²) in [5.74, 6) is 1.19. The lowest BCUT2D eigenvalue weighted by Gasteiger charge is -2.21. The van der Waals surface area contributed by atoms with E-state index in [2.05, 4.69) is 5.92 Å². The molecule has 1 unspecified atom stereocenters. The van der Waals surface area contributed by atoms with Crippen LogP contribution < -0.4 is 0 Å². The van der Waals surface area contributed by atoms with Gasteiger partial charge in [0.1, 0.15) is 6.04 Å². The molecule has 1 aliphatic rings. The van der Waals surface area contributed by atoms with E-state index in [-0.39, 0.29) is 16.5 Å². The van der Waals surface area contributed by atoms with Gasteiger partial charge in [0.15, 0.2) is 0 Å². The summed E-state index contributed by atoms with van der Waals surface area (Å²) < 4.78 is 25.9. The SMILES string of the molecule is C#Cc1ccc(S(=O)(=O)N2CCCC2C(=O)O)cc1Cl. The molecule has 1 fully saturated rings. The summed E-state index contributed by atoms with van der Waals surface area (Å²) in [6, 6.07) is 3.00. The van der Waals surface area contributed by atoms with Crippen molar-refractivity contribution in [1.29, 1.82) is 0 Å². The summed E-state index contributed by atoms with van der Waals surface area (Å²) in [6.45, 7) is 0.188. The van der Waals surface area contributed by atoms with E-state index in [0.29, 0.717) is 18.4 Å². The third-order valence-electron chi connectivity index (χ3n) is 3.19. The van der Waals surface area contributed by atoms with Crippen LogP contribution in [0.4, 0.5) is 0 Å². The molecule has 1 aromatic carbocycles. The molecule has 106 valence electrons. The molecule has 1 heterocycles. The summed E-state index contributed by atoms with van der Waals surface area (Å²) in [7, 11) is -3.88. The number of carboxylic acid groups (broad SMARTS) is 1. The molecule has 20 heavy (non-hydrogen) atoms. The second-order valence-corrected chi connectivity index (χ2v) is 6.70. The van der Waals surface area contributed by atoms with Crippen molar-refractivity contribution in [3.05, 3.63) is 28.8 Å². The second kappa shape index (κ2) is 5.44. The number of aliphatic carboxylic acids is 1. The van der Waals surface area contributed by atoms with Gasteiger partial charge in [-0.25, -0.2) is 8.42 Å². The lowest BCUT2D eigenvalue weighted by molar-refractivity contribution is -0.140. The van der Waals surface area contributed by atoms with Crippen LogP contribution in [0.3, 0.4) is 0 Å². The fraction of sp³-hybridized carbons (Fsp3) is 0.308. The van der Waals surface area contributed by atoms with Gasteiger partial charge in [0.2, 0.25) is 10.0 Å². The van der Waals surface area contributed by atoms with Gasteiger partial charge in [0.05, 0.1) is 9.92 Å². The number of nitrogens with zero attached hydrogens (tertiary/aromatic N) is 1. The number of carbonyl (C=O) groups is 1. The molecular weight excluding hydrogens is 302 g/mol. The highest BCUT2D eigenvalue weighted by atomic mass is 35.5. The maximum Gasteiger partial charge on any atom is 0.322 e. The zero-order valence-electron chi connectivity index (χ0n) is 10.4. The highest BCUT2D eigenvalue weighted by Crippen LogP contribution is 2.28. The van der Waals surface area contributed by atoms with Crippen LogP contribution in [0, 0.1) is 12.3 Å². The van der Waals surface area contributed by atoms with Crippen LogP contribution in [-0.4, -0.2) is 36.4 Å². The van der Waals surface area contributed by atoms with Crippen molar-refractivity contribution in [3.8, 4) is 12.3 Å². The van der Waals surface area contributed by atoms with E-state index in [9.17, 15) is 13.2 Å². The van der Waals surface area contributed by atoms with Gasteiger partial charge in [-0.3, -0.25) is 4.79 Å². The molecule has 0 bridgehead atoms. The monoisotopic (exact) mass is 313 g/mol. The van der Waals surface area contributed by atoms with E-state index in [1.165, 1.54) is 18.2 Å². The lowest BCUT2D eigenvalue weighted by Crippen LogP contribution is -2.40. The van der Waals surface area contributed by atoms with E-state index in [0.717, 1.165) is 4.31 Å². The Balaban J connectivity index is 2.43. The Kier molecular flexibility index (Phi) is 4.04. The Morgan fingerprint density at radius 3 is 2.75 bits per heavy atom. The minimum Gasteiger partial charge on any atom is -0.480 e.